The first-order valence-corrected chi connectivity index (χ1v) is 6.36. The summed E-state index contributed by atoms with van der Waals surface area (Å²) >= 11 is 4.20. The van der Waals surface area contributed by atoms with E-state index in [1.54, 1.807) is 6.07 Å². The van der Waals surface area contributed by atoms with Crippen LogP contribution >= 0.6 is 45.2 Å². The Bertz CT molecular complexity index is 402. The molecule has 80 valence electrons. The molecule has 0 aliphatic heterocycles. The van der Waals surface area contributed by atoms with Crippen LogP contribution in [0.1, 0.15) is 23.2 Å². The molecule has 0 radical (unpaired) electrons. The first-order chi connectivity index (χ1) is 7.00. The first-order valence-electron chi connectivity index (χ1n) is 4.20. The van der Waals surface area contributed by atoms with E-state index < -0.39 is 5.97 Å². The monoisotopic (exact) mass is 430 g/mol. The van der Waals surface area contributed by atoms with Gasteiger partial charge in [-0.2, -0.15) is 0 Å². The van der Waals surface area contributed by atoms with Gasteiger partial charge in [-0.1, -0.05) is 0 Å². The Kier molecular flexibility index (Phi) is 4.97. The van der Waals surface area contributed by atoms with Gasteiger partial charge >= 0.3 is 5.97 Å². The molecule has 0 amide bonds. The molecule has 0 aliphatic rings. The summed E-state index contributed by atoms with van der Waals surface area (Å²) < 4.78 is 1.84. The molecule has 0 heterocycles. The molecule has 1 aromatic carbocycles. The first kappa shape index (κ1) is 12.9. The summed E-state index contributed by atoms with van der Waals surface area (Å²) in [6.45, 7) is 0. The minimum absolute atomic E-state index is 0.0609. The molecule has 0 aliphatic carbocycles. The maximum Gasteiger partial charge on any atom is 0.303 e. The lowest BCUT2D eigenvalue weighted by molar-refractivity contribution is -0.136. The summed E-state index contributed by atoms with van der Waals surface area (Å²) in [5.41, 5.74) is 0.615. The normalized spacial score (nSPS) is 10.0. The molecule has 0 aromatic heterocycles. The van der Waals surface area contributed by atoms with E-state index >= 15 is 0 Å². The fraction of sp³-hybridized carbons (Fsp3) is 0.200. The van der Waals surface area contributed by atoms with Crippen LogP contribution in [0.5, 0.6) is 0 Å². The summed E-state index contributed by atoms with van der Waals surface area (Å²) in [4.78, 5) is 22.0. The van der Waals surface area contributed by atoms with Gasteiger partial charge in [-0.05, 0) is 63.4 Å². The molecule has 0 fully saturated rings. The van der Waals surface area contributed by atoms with Gasteiger partial charge in [0.25, 0.3) is 0 Å². The summed E-state index contributed by atoms with van der Waals surface area (Å²) in [5.74, 6) is -1.05. The zero-order valence-corrected chi connectivity index (χ0v) is 12.0. The van der Waals surface area contributed by atoms with Crippen molar-refractivity contribution in [3.05, 3.63) is 30.9 Å². The maximum atomic E-state index is 11.7. The van der Waals surface area contributed by atoms with Gasteiger partial charge in [0.05, 0.1) is 6.42 Å². The van der Waals surface area contributed by atoms with Crippen LogP contribution in [0.15, 0.2) is 18.2 Å². The van der Waals surface area contributed by atoms with Crippen LogP contribution < -0.4 is 0 Å². The van der Waals surface area contributed by atoms with E-state index in [9.17, 15) is 9.59 Å². The molecule has 0 saturated heterocycles. The van der Waals surface area contributed by atoms with Crippen molar-refractivity contribution in [3.63, 3.8) is 0 Å². The Balaban J connectivity index is 2.81. The highest BCUT2D eigenvalue weighted by Gasteiger charge is 2.11. The second kappa shape index (κ2) is 5.78. The van der Waals surface area contributed by atoms with E-state index in [2.05, 4.69) is 45.2 Å². The quantitative estimate of drug-likeness (QED) is 0.591. The van der Waals surface area contributed by atoms with Crippen molar-refractivity contribution in [2.75, 3.05) is 0 Å². The number of rotatable bonds is 4. The highest BCUT2D eigenvalue weighted by atomic mass is 127. The van der Waals surface area contributed by atoms with Crippen molar-refractivity contribution in [3.8, 4) is 0 Å². The molecule has 0 saturated carbocycles. The maximum absolute atomic E-state index is 11.7. The van der Waals surface area contributed by atoms with Gasteiger partial charge in [-0.3, -0.25) is 9.59 Å². The molecule has 3 nitrogen and oxygen atoms in total. The Hall–Kier alpha value is -0.180. The van der Waals surface area contributed by atoms with Crippen LogP contribution in [-0.2, 0) is 4.79 Å². The summed E-state index contributed by atoms with van der Waals surface area (Å²) in [6.07, 6.45) is -0.0498. The van der Waals surface area contributed by atoms with Gasteiger partial charge in [0.1, 0.15) is 0 Å². The standard InChI is InChI=1S/C10H8I2O3/c11-6-1-2-8(12)7(5-6)9(13)3-4-10(14)15/h1-2,5H,3-4H2,(H,14,15). The summed E-state index contributed by atoms with van der Waals surface area (Å²) in [7, 11) is 0. The van der Waals surface area contributed by atoms with Gasteiger partial charge in [0.15, 0.2) is 5.78 Å². The molecule has 0 bridgehead atoms. The average Bonchev–Trinajstić information content (AvgIpc) is 2.18. The molecule has 15 heavy (non-hydrogen) atoms. The Morgan fingerprint density at radius 2 is 1.87 bits per heavy atom. The van der Waals surface area contributed by atoms with Crippen LogP contribution in [0.2, 0.25) is 0 Å². The van der Waals surface area contributed by atoms with Crippen molar-refractivity contribution in [1.29, 1.82) is 0 Å². The molecule has 1 N–H and O–H groups in total. The predicted molar refractivity (Wildman–Crippen MR) is 73.1 cm³/mol. The largest absolute Gasteiger partial charge is 0.481 e. The van der Waals surface area contributed by atoms with Crippen LogP contribution in [0.25, 0.3) is 0 Å². The highest BCUT2D eigenvalue weighted by Crippen LogP contribution is 2.18. The van der Waals surface area contributed by atoms with E-state index in [1.165, 1.54) is 0 Å². The SMILES string of the molecule is O=C(O)CCC(=O)c1cc(I)ccc1I. The number of carboxylic acid groups (broad SMARTS) is 1. The van der Waals surface area contributed by atoms with E-state index in [1.807, 2.05) is 12.1 Å². The highest BCUT2D eigenvalue weighted by molar-refractivity contribution is 14.1. The second-order valence-electron chi connectivity index (χ2n) is 2.94. The number of aliphatic carboxylic acids is 1. The van der Waals surface area contributed by atoms with Crippen molar-refractivity contribution < 1.29 is 14.7 Å². The zero-order valence-electron chi connectivity index (χ0n) is 7.67. The van der Waals surface area contributed by atoms with Gasteiger partial charge in [0.2, 0.25) is 0 Å². The molecular formula is C10H8I2O3. The Labute approximate surface area is 115 Å². The number of hydrogen-bond acceptors (Lipinski definition) is 2. The summed E-state index contributed by atoms with van der Waals surface area (Å²) in [6, 6.07) is 5.55. The lowest BCUT2D eigenvalue weighted by Crippen LogP contribution is -2.05. The van der Waals surface area contributed by atoms with Gasteiger partial charge in [-0.25, -0.2) is 0 Å². The number of carbonyl (C=O) groups is 2. The minimum atomic E-state index is -0.941. The zero-order chi connectivity index (χ0) is 11.4. The molecule has 0 spiro atoms. The van der Waals surface area contributed by atoms with E-state index in [-0.39, 0.29) is 18.6 Å². The van der Waals surface area contributed by atoms with E-state index in [0.717, 1.165) is 7.14 Å². The van der Waals surface area contributed by atoms with Crippen LogP contribution in [0.4, 0.5) is 0 Å². The number of ketones is 1. The average molecular weight is 430 g/mol. The molecule has 0 unspecified atom stereocenters. The van der Waals surface area contributed by atoms with Gasteiger partial charge < -0.3 is 5.11 Å². The molecular weight excluding hydrogens is 422 g/mol. The van der Waals surface area contributed by atoms with E-state index in [0.29, 0.717) is 5.56 Å². The third-order valence-corrected chi connectivity index (χ3v) is 3.41. The van der Waals surface area contributed by atoms with Crippen molar-refractivity contribution in [2.45, 2.75) is 12.8 Å². The molecule has 1 rings (SSSR count). The molecule has 1 aromatic rings. The number of carbonyl (C=O) groups excluding carboxylic acids is 1. The van der Waals surface area contributed by atoms with Gasteiger partial charge in [0, 0.05) is 19.1 Å². The summed E-state index contributed by atoms with van der Waals surface area (Å²) in [5, 5.41) is 8.48. The fourth-order valence-electron chi connectivity index (χ4n) is 1.07. The van der Waals surface area contributed by atoms with Crippen molar-refractivity contribution >= 4 is 56.9 Å². The van der Waals surface area contributed by atoms with Gasteiger partial charge in [-0.15, -0.1) is 0 Å². The smallest absolute Gasteiger partial charge is 0.303 e. The minimum Gasteiger partial charge on any atom is -0.481 e. The van der Waals surface area contributed by atoms with Crippen molar-refractivity contribution in [2.24, 2.45) is 0 Å². The number of Topliss-reactive ketones (excluding diaryl/α,β-unsaturated/α-hetero) is 1. The lowest BCUT2D eigenvalue weighted by atomic mass is 10.1. The van der Waals surface area contributed by atoms with E-state index in [4.69, 9.17) is 5.11 Å². The van der Waals surface area contributed by atoms with Crippen LogP contribution in [-0.4, -0.2) is 16.9 Å². The van der Waals surface area contributed by atoms with Crippen LogP contribution in [0.3, 0.4) is 0 Å². The topological polar surface area (TPSA) is 54.4 Å². The Morgan fingerprint density at radius 3 is 2.47 bits per heavy atom. The number of hydrogen-bond donors (Lipinski definition) is 1. The van der Waals surface area contributed by atoms with Crippen LogP contribution in [0, 0.1) is 7.14 Å². The lowest BCUT2D eigenvalue weighted by Gasteiger charge is -2.03. The number of carboxylic acids is 1. The number of benzene rings is 1. The third kappa shape index (κ3) is 4.06. The third-order valence-electron chi connectivity index (χ3n) is 1.79. The predicted octanol–water partition coefficient (Wildman–Crippen LogP) is 2.94. The fourth-order valence-corrected chi connectivity index (χ4v) is 2.19. The van der Waals surface area contributed by atoms with Crippen molar-refractivity contribution in [1.82, 2.24) is 0 Å². The Morgan fingerprint density at radius 1 is 1.20 bits per heavy atom. The molecule has 5 heteroatoms. The molecule has 0 atom stereocenters. The second-order valence-corrected chi connectivity index (χ2v) is 5.35. The number of halogens is 2.